The molecule has 0 atom stereocenters. The van der Waals surface area contributed by atoms with Gasteiger partial charge in [-0.3, -0.25) is 4.79 Å². The number of hydrogen-bond donors (Lipinski definition) is 2. The Morgan fingerprint density at radius 1 is 1.12 bits per heavy atom. The Labute approximate surface area is 143 Å². The fraction of sp³-hybridized carbons (Fsp3) is 0.556. The second kappa shape index (κ2) is 9.15. The van der Waals surface area contributed by atoms with Crippen molar-refractivity contribution in [3.05, 3.63) is 24.3 Å². The van der Waals surface area contributed by atoms with Gasteiger partial charge in [-0.05, 0) is 50.5 Å². The molecule has 1 aromatic carbocycles. The normalized spacial score (nSPS) is 15.0. The van der Waals surface area contributed by atoms with E-state index < -0.39 is 0 Å². The van der Waals surface area contributed by atoms with E-state index in [0.29, 0.717) is 32.2 Å². The van der Waals surface area contributed by atoms with E-state index in [2.05, 4.69) is 10.6 Å². The van der Waals surface area contributed by atoms with Crippen LogP contribution in [0, 0.1) is 0 Å². The van der Waals surface area contributed by atoms with Crippen molar-refractivity contribution in [2.24, 2.45) is 0 Å². The average molecular weight is 333 g/mol. The van der Waals surface area contributed by atoms with Crippen molar-refractivity contribution in [1.29, 1.82) is 0 Å². The zero-order valence-electron chi connectivity index (χ0n) is 14.5. The zero-order valence-corrected chi connectivity index (χ0v) is 14.5. The summed E-state index contributed by atoms with van der Waals surface area (Å²) < 4.78 is 5.03. The fourth-order valence-corrected chi connectivity index (χ4v) is 2.76. The molecule has 1 aromatic rings. The summed E-state index contributed by atoms with van der Waals surface area (Å²) in [6, 6.07) is 8.10. The average Bonchev–Trinajstić information content (AvgIpc) is 2.58. The van der Waals surface area contributed by atoms with Crippen LogP contribution >= 0.6 is 0 Å². The highest BCUT2D eigenvalue weighted by Gasteiger charge is 2.23. The van der Waals surface area contributed by atoms with Crippen LogP contribution in [0.3, 0.4) is 0 Å². The van der Waals surface area contributed by atoms with Gasteiger partial charge in [0.15, 0.2) is 0 Å². The van der Waals surface area contributed by atoms with Crippen LogP contribution in [0.15, 0.2) is 24.3 Å². The largest absolute Gasteiger partial charge is 0.450 e. The van der Waals surface area contributed by atoms with Gasteiger partial charge in [-0.15, -0.1) is 0 Å². The monoisotopic (exact) mass is 333 g/mol. The van der Waals surface area contributed by atoms with E-state index in [-0.39, 0.29) is 12.0 Å². The lowest BCUT2D eigenvalue weighted by Crippen LogP contribution is -2.42. The van der Waals surface area contributed by atoms with Gasteiger partial charge in [0, 0.05) is 36.9 Å². The van der Waals surface area contributed by atoms with Gasteiger partial charge in [-0.25, -0.2) is 4.79 Å². The first-order valence-electron chi connectivity index (χ1n) is 8.70. The van der Waals surface area contributed by atoms with Crippen LogP contribution < -0.4 is 10.6 Å². The van der Waals surface area contributed by atoms with Crippen LogP contribution in [0.5, 0.6) is 0 Å². The number of carbonyl (C=O) groups is 2. The number of carbonyl (C=O) groups excluding carboxylic acids is 2. The Morgan fingerprint density at radius 2 is 1.75 bits per heavy atom. The molecular weight excluding hydrogens is 306 g/mol. The molecule has 0 bridgehead atoms. The Bertz CT molecular complexity index is 537. The number of likely N-dealkylation sites (tertiary alicyclic amines) is 1. The molecule has 6 heteroatoms. The quantitative estimate of drug-likeness (QED) is 0.836. The molecule has 0 aromatic heterocycles. The van der Waals surface area contributed by atoms with Crippen LogP contribution in [0.4, 0.5) is 16.2 Å². The maximum Gasteiger partial charge on any atom is 0.409 e. The standard InChI is InChI=1S/C18H27N3O3/c1-3-5-17(22)20-15-8-6-14(7-9-15)19-16-10-12-21(13-11-16)18(23)24-4-2/h6-9,16,19H,3-5,10-13H2,1-2H3,(H,20,22). The predicted octanol–water partition coefficient (Wildman–Crippen LogP) is 3.46. The summed E-state index contributed by atoms with van der Waals surface area (Å²) in [5.74, 6) is 0.0459. The Balaban J connectivity index is 1.78. The smallest absolute Gasteiger partial charge is 0.409 e. The number of amides is 2. The van der Waals surface area contributed by atoms with Crippen LogP contribution in [0.25, 0.3) is 0 Å². The van der Waals surface area contributed by atoms with Gasteiger partial charge in [0.1, 0.15) is 0 Å². The summed E-state index contributed by atoms with van der Waals surface area (Å²) in [5, 5.41) is 6.37. The molecule has 6 nitrogen and oxygen atoms in total. The molecular formula is C18H27N3O3. The minimum absolute atomic E-state index is 0.0459. The number of anilines is 2. The molecule has 0 saturated carbocycles. The molecule has 0 aliphatic carbocycles. The number of piperidine rings is 1. The van der Waals surface area contributed by atoms with Gasteiger partial charge in [-0.2, -0.15) is 0 Å². The zero-order chi connectivity index (χ0) is 17.4. The molecule has 0 unspecified atom stereocenters. The van der Waals surface area contributed by atoms with E-state index in [4.69, 9.17) is 4.74 Å². The highest BCUT2D eigenvalue weighted by molar-refractivity contribution is 5.90. The van der Waals surface area contributed by atoms with Crippen LogP contribution in [-0.4, -0.2) is 42.6 Å². The first kappa shape index (κ1) is 18.1. The Hall–Kier alpha value is -2.24. The first-order valence-corrected chi connectivity index (χ1v) is 8.70. The van der Waals surface area contributed by atoms with Crippen LogP contribution in [-0.2, 0) is 9.53 Å². The van der Waals surface area contributed by atoms with E-state index in [1.54, 1.807) is 4.90 Å². The minimum Gasteiger partial charge on any atom is -0.450 e. The van der Waals surface area contributed by atoms with Crippen molar-refractivity contribution >= 4 is 23.4 Å². The molecule has 132 valence electrons. The third kappa shape index (κ3) is 5.44. The SMILES string of the molecule is CCCC(=O)Nc1ccc(NC2CCN(C(=O)OCC)CC2)cc1. The van der Waals surface area contributed by atoms with E-state index in [1.165, 1.54) is 0 Å². The molecule has 0 radical (unpaired) electrons. The molecule has 2 amide bonds. The van der Waals surface area contributed by atoms with Crippen molar-refractivity contribution in [2.75, 3.05) is 30.3 Å². The van der Waals surface area contributed by atoms with E-state index in [9.17, 15) is 9.59 Å². The molecule has 1 aliphatic rings. The van der Waals surface area contributed by atoms with Crippen molar-refractivity contribution < 1.29 is 14.3 Å². The molecule has 2 rings (SSSR count). The second-order valence-electron chi connectivity index (χ2n) is 5.98. The summed E-state index contributed by atoms with van der Waals surface area (Å²) in [7, 11) is 0. The van der Waals surface area contributed by atoms with Crippen molar-refractivity contribution in [1.82, 2.24) is 4.90 Å². The highest BCUT2D eigenvalue weighted by atomic mass is 16.6. The lowest BCUT2D eigenvalue weighted by atomic mass is 10.0. The molecule has 24 heavy (non-hydrogen) atoms. The summed E-state index contributed by atoms with van der Waals surface area (Å²) in [4.78, 5) is 25.0. The second-order valence-corrected chi connectivity index (χ2v) is 5.98. The van der Waals surface area contributed by atoms with Gasteiger partial charge >= 0.3 is 6.09 Å². The fourth-order valence-electron chi connectivity index (χ4n) is 2.76. The Morgan fingerprint density at radius 3 is 2.33 bits per heavy atom. The molecule has 2 N–H and O–H groups in total. The van der Waals surface area contributed by atoms with Gasteiger partial charge in [-0.1, -0.05) is 6.92 Å². The van der Waals surface area contributed by atoms with Gasteiger partial charge in [0.05, 0.1) is 6.61 Å². The third-order valence-electron chi connectivity index (χ3n) is 4.04. The maximum atomic E-state index is 11.7. The van der Waals surface area contributed by atoms with Gasteiger partial charge < -0.3 is 20.3 Å². The van der Waals surface area contributed by atoms with E-state index in [1.807, 2.05) is 38.1 Å². The van der Waals surface area contributed by atoms with E-state index in [0.717, 1.165) is 30.6 Å². The maximum absolute atomic E-state index is 11.7. The lowest BCUT2D eigenvalue weighted by molar-refractivity contribution is -0.116. The number of benzene rings is 1. The third-order valence-corrected chi connectivity index (χ3v) is 4.04. The predicted molar refractivity (Wildman–Crippen MR) is 95.2 cm³/mol. The molecule has 0 spiro atoms. The molecule has 1 fully saturated rings. The van der Waals surface area contributed by atoms with E-state index >= 15 is 0 Å². The van der Waals surface area contributed by atoms with Crippen molar-refractivity contribution in [3.8, 4) is 0 Å². The lowest BCUT2D eigenvalue weighted by Gasteiger charge is -2.32. The van der Waals surface area contributed by atoms with Crippen LogP contribution in [0.2, 0.25) is 0 Å². The summed E-state index contributed by atoms with van der Waals surface area (Å²) in [5.41, 5.74) is 1.84. The first-order chi connectivity index (χ1) is 11.6. The minimum atomic E-state index is -0.219. The number of rotatable bonds is 6. The van der Waals surface area contributed by atoms with Crippen molar-refractivity contribution in [3.63, 3.8) is 0 Å². The Kier molecular flexibility index (Phi) is 6.90. The number of nitrogens with one attached hydrogen (secondary N) is 2. The summed E-state index contributed by atoms with van der Waals surface area (Å²) in [6.07, 6.45) is 2.96. The van der Waals surface area contributed by atoms with Crippen LogP contribution in [0.1, 0.15) is 39.5 Å². The summed E-state index contributed by atoms with van der Waals surface area (Å²) in [6.45, 7) is 5.64. The summed E-state index contributed by atoms with van der Waals surface area (Å²) >= 11 is 0. The van der Waals surface area contributed by atoms with Crippen molar-refractivity contribution in [2.45, 2.75) is 45.6 Å². The highest BCUT2D eigenvalue weighted by Crippen LogP contribution is 2.19. The number of nitrogens with zero attached hydrogens (tertiary/aromatic N) is 1. The van der Waals surface area contributed by atoms with Gasteiger partial charge in [0.25, 0.3) is 0 Å². The number of hydrogen-bond acceptors (Lipinski definition) is 4. The molecule has 1 heterocycles. The topological polar surface area (TPSA) is 70.7 Å². The number of ether oxygens (including phenoxy) is 1. The van der Waals surface area contributed by atoms with Gasteiger partial charge in [0.2, 0.25) is 5.91 Å². The molecule has 1 aliphatic heterocycles. The molecule has 1 saturated heterocycles.